The highest BCUT2D eigenvalue weighted by Gasteiger charge is 2.20. The first-order valence-corrected chi connectivity index (χ1v) is 7.28. The molecule has 0 saturated carbocycles. The molecule has 0 aromatic heterocycles. The fraction of sp³-hybridized carbons (Fsp3) is 0.588. The van der Waals surface area contributed by atoms with E-state index >= 15 is 0 Å². The number of esters is 1. The SMILES string of the molecule is CNC(CCOc1ccc(C)cc1C(C)(C)C)C(=O)OC. The number of likely N-dealkylation sites (N-methyl/N-ethyl adjacent to an activating group) is 1. The largest absolute Gasteiger partial charge is 0.493 e. The second-order valence-electron chi connectivity index (χ2n) is 6.25. The number of carbonyl (C=O) groups excluding carboxylic acids is 1. The van der Waals surface area contributed by atoms with E-state index in [1.165, 1.54) is 18.2 Å². The number of aryl methyl sites for hydroxylation is 1. The molecule has 0 amide bonds. The Kier molecular flexibility index (Phi) is 6.21. The van der Waals surface area contributed by atoms with Gasteiger partial charge in [-0.1, -0.05) is 38.5 Å². The molecule has 1 N–H and O–H groups in total. The van der Waals surface area contributed by atoms with Crippen LogP contribution < -0.4 is 10.1 Å². The zero-order valence-electron chi connectivity index (χ0n) is 13.9. The predicted molar refractivity (Wildman–Crippen MR) is 84.9 cm³/mol. The molecule has 0 aliphatic rings. The van der Waals surface area contributed by atoms with Crippen LogP contribution in [0.5, 0.6) is 5.75 Å². The van der Waals surface area contributed by atoms with Crippen LogP contribution in [0.15, 0.2) is 18.2 Å². The first-order chi connectivity index (χ1) is 9.79. The van der Waals surface area contributed by atoms with E-state index in [1.54, 1.807) is 7.05 Å². The molecule has 0 aliphatic carbocycles. The van der Waals surface area contributed by atoms with Crippen molar-refractivity contribution in [2.45, 2.75) is 45.6 Å². The molecule has 0 bridgehead atoms. The van der Waals surface area contributed by atoms with Gasteiger partial charge in [-0.25, -0.2) is 0 Å². The quantitative estimate of drug-likeness (QED) is 0.819. The van der Waals surface area contributed by atoms with Crippen molar-refractivity contribution in [1.29, 1.82) is 0 Å². The topological polar surface area (TPSA) is 47.6 Å². The van der Waals surface area contributed by atoms with Crippen LogP contribution in [0.2, 0.25) is 0 Å². The molecule has 1 unspecified atom stereocenters. The summed E-state index contributed by atoms with van der Waals surface area (Å²) in [7, 11) is 3.14. The van der Waals surface area contributed by atoms with E-state index in [9.17, 15) is 4.79 Å². The van der Waals surface area contributed by atoms with Crippen molar-refractivity contribution in [2.24, 2.45) is 0 Å². The zero-order valence-corrected chi connectivity index (χ0v) is 13.9. The Morgan fingerprint density at radius 3 is 2.52 bits per heavy atom. The number of benzene rings is 1. The van der Waals surface area contributed by atoms with Crippen molar-refractivity contribution in [3.63, 3.8) is 0 Å². The summed E-state index contributed by atoms with van der Waals surface area (Å²) in [4.78, 5) is 11.5. The molecule has 4 nitrogen and oxygen atoms in total. The molecule has 21 heavy (non-hydrogen) atoms. The van der Waals surface area contributed by atoms with Crippen molar-refractivity contribution in [3.8, 4) is 5.75 Å². The van der Waals surface area contributed by atoms with E-state index in [0.29, 0.717) is 13.0 Å². The molecule has 0 spiro atoms. The van der Waals surface area contributed by atoms with Crippen LogP contribution in [0, 0.1) is 6.92 Å². The molecule has 0 radical (unpaired) electrons. The summed E-state index contributed by atoms with van der Waals surface area (Å²) in [6.45, 7) is 9.04. The second kappa shape index (κ2) is 7.46. The Balaban J connectivity index is 2.74. The Labute approximate surface area is 127 Å². The maximum atomic E-state index is 11.5. The zero-order chi connectivity index (χ0) is 16.0. The smallest absolute Gasteiger partial charge is 0.322 e. The molecular formula is C17H27NO3. The summed E-state index contributed by atoms with van der Waals surface area (Å²) in [6.07, 6.45) is 0.570. The van der Waals surface area contributed by atoms with Crippen LogP contribution in [-0.4, -0.2) is 32.8 Å². The minimum Gasteiger partial charge on any atom is -0.493 e. The van der Waals surface area contributed by atoms with Crippen LogP contribution in [0.25, 0.3) is 0 Å². The van der Waals surface area contributed by atoms with Crippen LogP contribution >= 0.6 is 0 Å². The molecule has 1 rings (SSSR count). The molecule has 1 aromatic carbocycles. The lowest BCUT2D eigenvalue weighted by molar-refractivity contribution is -0.143. The average Bonchev–Trinajstić information content (AvgIpc) is 2.43. The molecule has 0 aliphatic heterocycles. The van der Waals surface area contributed by atoms with Gasteiger partial charge >= 0.3 is 5.97 Å². The highest BCUT2D eigenvalue weighted by atomic mass is 16.5. The van der Waals surface area contributed by atoms with Crippen molar-refractivity contribution in [2.75, 3.05) is 20.8 Å². The lowest BCUT2D eigenvalue weighted by Crippen LogP contribution is -2.36. The highest BCUT2D eigenvalue weighted by Crippen LogP contribution is 2.32. The van der Waals surface area contributed by atoms with E-state index in [-0.39, 0.29) is 17.4 Å². The van der Waals surface area contributed by atoms with E-state index in [4.69, 9.17) is 9.47 Å². The predicted octanol–water partition coefficient (Wildman–Crippen LogP) is 2.82. The molecule has 1 aromatic rings. The molecule has 0 saturated heterocycles. The van der Waals surface area contributed by atoms with E-state index in [0.717, 1.165) is 5.75 Å². The van der Waals surface area contributed by atoms with Crippen LogP contribution in [0.1, 0.15) is 38.3 Å². The van der Waals surface area contributed by atoms with Crippen molar-refractivity contribution < 1.29 is 14.3 Å². The van der Waals surface area contributed by atoms with Crippen LogP contribution in [0.3, 0.4) is 0 Å². The minimum atomic E-state index is -0.335. The highest BCUT2D eigenvalue weighted by molar-refractivity contribution is 5.75. The third-order valence-electron chi connectivity index (χ3n) is 3.44. The number of hydrogen-bond donors (Lipinski definition) is 1. The summed E-state index contributed by atoms with van der Waals surface area (Å²) < 4.78 is 10.6. The maximum Gasteiger partial charge on any atom is 0.322 e. The number of methoxy groups -OCH3 is 1. The Morgan fingerprint density at radius 2 is 2.00 bits per heavy atom. The fourth-order valence-electron chi connectivity index (χ4n) is 2.16. The number of carbonyl (C=O) groups is 1. The molecule has 4 heteroatoms. The summed E-state index contributed by atoms with van der Waals surface area (Å²) in [5.41, 5.74) is 2.42. The van der Waals surface area contributed by atoms with E-state index in [2.05, 4.69) is 39.1 Å². The van der Waals surface area contributed by atoms with E-state index < -0.39 is 0 Å². The fourth-order valence-corrected chi connectivity index (χ4v) is 2.16. The van der Waals surface area contributed by atoms with Gasteiger partial charge in [0.15, 0.2) is 0 Å². The van der Waals surface area contributed by atoms with E-state index in [1.807, 2.05) is 12.1 Å². The average molecular weight is 293 g/mol. The third-order valence-corrected chi connectivity index (χ3v) is 3.44. The monoisotopic (exact) mass is 293 g/mol. The summed E-state index contributed by atoms with van der Waals surface area (Å²) in [6, 6.07) is 5.87. The van der Waals surface area contributed by atoms with Gasteiger partial charge in [0.2, 0.25) is 0 Å². The summed E-state index contributed by atoms with van der Waals surface area (Å²) >= 11 is 0. The van der Waals surface area contributed by atoms with Gasteiger partial charge < -0.3 is 14.8 Å². The Morgan fingerprint density at radius 1 is 1.33 bits per heavy atom. The molecule has 0 fully saturated rings. The standard InChI is InChI=1S/C17H27NO3/c1-12-7-8-15(13(11-12)17(2,3)4)21-10-9-14(18-5)16(19)20-6/h7-8,11,14,18H,9-10H2,1-6H3. The Hall–Kier alpha value is -1.55. The molecule has 1 atom stereocenters. The minimum absolute atomic E-state index is 0.0200. The molecular weight excluding hydrogens is 266 g/mol. The number of ether oxygens (including phenoxy) is 2. The van der Waals surface area contributed by atoms with Crippen LogP contribution in [0.4, 0.5) is 0 Å². The van der Waals surface area contributed by atoms with Gasteiger partial charge in [0.1, 0.15) is 11.8 Å². The number of hydrogen-bond acceptors (Lipinski definition) is 4. The van der Waals surface area contributed by atoms with Gasteiger partial charge in [0.25, 0.3) is 0 Å². The van der Waals surface area contributed by atoms with Crippen molar-refractivity contribution >= 4 is 5.97 Å². The number of nitrogens with one attached hydrogen (secondary N) is 1. The second-order valence-corrected chi connectivity index (χ2v) is 6.25. The van der Waals surface area contributed by atoms with Gasteiger partial charge in [0.05, 0.1) is 13.7 Å². The molecule has 118 valence electrons. The lowest BCUT2D eigenvalue weighted by Gasteiger charge is -2.24. The lowest BCUT2D eigenvalue weighted by atomic mass is 9.85. The molecule has 0 heterocycles. The van der Waals surface area contributed by atoms with Crippen molar-refractivity contribution in [1.82, 2.24) is 5.32 Å². The first kappa shape index (κ1) is 17.5. The van der Waals surface area contributed by atoms with Crippen LogP contribution in [-0.2, 0) is 14.9 Å². The summed E-state index contributed by atoms with van der Waals surface area (Å²) in [5.74, 6) is 0.619. The third kappa shape index (κ3) is 5.05. The Bertz CT molecular complexity index is 477. The van der Waals surface area contributed by atoms with Gasteiger partial charge in [0, 0.05) is 6.42 Å². The maximum absolute atomic E-state index is 11.5. The van der Waals surface area contributed by atoms with Gasteiger partial charge in [-0.2, -0.15) is 0 Å². The van der Waals surface area contributed by atoms with Gasteiger partial charge in [-0.3, -0.25) is 4.79 Å². The normalized spacial score (nSPS) is 12.9. The first-order valence-electron chi connectivity index (χ1n) is 7.28. The number of rotatable bonds is 6. The van der Waals surface area contributed by atoms with Crippen molar-refractivity contribution in [3.05, 3.63) is 29.3 Å². The van der Waals surface area contributed by atoms with Gasteiger partial charge in [-0.15, -0.1) is 0 Å². The summed E-state index contributed by atoms with van der Waals surface area (Å²) in [5, 5.41) is 2.94. The van der Waals surface area contributed by atoms with Gasteiger partial charge in [-0.05, 0) is 31.0 Å².